The van der Waals surface area contributed by atoms with E-state index in [2.05, 4.69) is 10.1 Å². The molecule has 2 heterocycles. The predicted octanol–water partition coefficient (Wildman–Crippen LogP) is 3.33. The first-order valence-electron chi connectivity index (χ1n) is 8.36. The third kappa shape index (κ3) is 3.34. The molecule has 1 amide bonds. The van der Waals surface area contributed by atoms with Gasteiger partial charge < -0.3 is 18.7 Å². The molecule has 3 aromatic rings. The van der Waals surface area contributed by atoms with Gasteiger partial charge in [0.05, 0.1) is 19.9 Å². The molecule has 1 aromatic heterocycles. The number of benzene rings is 2. The van der Waals surface area contributed by atoms with Gasteiger partial charge in [-0.2, -0.15) is 4.98 Å². The molecule has 0 spiro atoms. The minimum atomic E-state index is -0.222. The number of ether oxygens (including phenoxy) is 3. The summed E-state index contributed by atoms with van der Waals surface area (Å²) >= 11 is 6.06. The summed E-state index contributed by atoms with van der Waals surface area (Å²) in [6, 6.07) is 10.4. The maximum absolute atomic E-state index is 12.3. The number of rotatable bonds is 5. The molecule has 0 radical (unpaired) electrons. The molecule has 0 saturated heterocycles. The van der Waals surface area contributed by atoms with Gasteiger partial charge in [0.1, 0.15) is 12.3 Å². The fourth-order valence-corrected chi connectivity index (χ4v) is 3.06. The molecule has 0 N–H and O–H groups in total. The number of methoxy groups -OCH3 is 2. The Kier molecular flexibility index (Phi) is 4.79. The molecule has 0 unspecified atom stereocenters. The minimum absolute atomic E-state index is 0.0642. The van der Waals surface area contributed by atoms with Crippen molar-refractivity contribution in [3.8, 4) is 28.6 Å². The second kappa shape index (κ2) is 7.40. The molecule has 0 atom stereocenters. The van der Waals surface area contributed by atoms with Crippen LogP contribution in [0, 0.1) is 0 Å². The summed E-state index contributed by atoms with van der Waals surface area (Å²) in [4.78, 5) is 18.2. The highest BCUT2D eigenvalue weighted by molar-refractivity contribution is 6.31. The molecule has 0 fully saturated rings. The van der Waals surface area contributed by atoms with Gasteiger partial charge in [0.25, 0.3) is 5.91 Å². The Morgan fingerprint density at radius 3 is 2.75 bits per heavy atom. The number of anilines is 1. The van der Waals surface area contributed by atoms with Gasteiger partial charge in [0.15, 0.2) is 18.1 Å². The number of halogens is 1. The van der Waals surface area contributed by atoms with Gasteiger partial charge in [0, 0.05) is 10.6 Å². The molecular formula is C19H16ClN3O5. The predicted molar refractivity (Wildman–Crippen MR) is 101 cm³/mol. The molecular weight excluding hydrogens is 386 g/mol. The summed E-state index contributed by atoms with van der Waals surface area (Å²) in [5.74, 6) is 2.17. The molecule has 1 aliphatic heterocycles. The van der Waals surface area contributed by atoms with Crippen molar-refractivity contribution < 1.29 is 23.5 Å². The maximum Gasteiger partial charge on any atom is 0.265 e. The third-order valence-corrected chi connectivity index (χ3v) is 4.50. The van der Waals surface area contributed by atoms with Gasteiger partial charge >= 0.3 is 0 Å². The summed E-state index contributed by atoms with van der Waals surface area (Å²) in [7, 11) is 3.11. The maximum atomic E-state index is 12.3. The molecule has 4 rings (SSSR count). The van der Waals surface area contributed by atoms with Crippen LogP contribution in [0.15, 0.2) is 40.9 Å². The molecule has 144 valence electrons. The average Bonchev–Trinajstić information content (AvgIpc) is 3.18. The largest absolute Gasteiger partial charge is 0.493 e. The summed E-state index contributed by atoms with van der Waals surface area (Å²) in [5.41, 5.74) is 1.26. The average molecular weight is 402 g/mol. The molecule has 28 heavy (non-hydrogen) atoms. The molecule has 1 aliphatic rings. The van der Waals surface area contributed by atoms with Crippen LogP contribution in [0.25, 0.3) is 11.4 Å². The fourth-order valence-electron chi connectivity index (χ4n) is 2.90. The van der Waals surface area contributed by atoms with E-state index in [1.165, 1.54) is 4.90 Å². The Bertz CT molecular complexity index is 1040. The number of hydrogen-bond acceptors (Lipinski definition) is 7. The monoisotopic (exact) mass is 401 g/mol. The number of carbonyl (C=O) groups excluding carboxylic acids is 1. The van der Waals surface area contributed by atoms with Crippen LogP contribution in [0.2, 0.25) is 5.02 Å². The molecule has 0 bridgehead atoms. The number of amides is 1. The normalized spacial score (nSPS) is 13.1. The number of nitrogens with zero attached hydrogens (tertiary/aromatic N) is 3. The van der Waals surface area contributed by atoms with E-state index in [1.54, 1.807) is 50.6 Å². The number of carbonyl (C=O) groups is 1. The summed E-state index contributed by atoms with van der Waals surface area (Å²) in [6.07, 6.45) is 0. The second-order valence-corrected chi connectivity index (χ2v) is 6.40. The van der Waals surface area contributed by atoms with Crippen molar-refractivity contribution in [3.05, 3.63) is 47.3 Å². The minimum Gasteiger partial charge on any atom is -0.493 e. The van der Waals surface area contributed by atoms with Gasteiger partial charge in [-0.3, -0.25) is 9.69 Å². The van der Waals surface area contributed by atoms with Crippen LogP contribution in [-0.2, 0) is 11.3 Å². The quantitative estimate of drug-likeness (QED) is 0.648. The van der Waals surface area contributed by atoms with Crippen LogP contribution in [-0.4, -0.2) is 36.9 Å². The van der Waals surface area contributed by atoms with Gasteiger partial charge in [-0.25, -0.2) is 0 Å². The Morgan fingerprint density at radius 1 is 1.14 bits per heavy atom. The van der Waals surface area contributed by atoms with Gasteiger partial charge in [0.2, 0.25) is 11.7 Å². The van der Waals surface area contributed by atoms with E-state index in [-0.39, 0.29) is 24.9 Å². The van der Waals surface area contributed by atoms with Crippen molar-refractivity contribution in [2.45, 2.75) is 6.54 Å². The van der Waals surface area contributed by atoms with Crippen molar-refractivity contribution in [3.63, 3.8) is 0 Å². The third-order valence-electron chi connectivity index (χ3n) is 4.27. The van der Waals surface area contributed by atoms with Crippen molar-refractivity contribution in [1.29, 1.82) is 0 Å². The van der Waals surface area contributed by atoms with Crippen molar-refractivity contribution in [1.82, 2.24) is 10.1 Å². The SMILES string of the molecule is COc1ccc(-c2noc(CN3C(=O)COc4ccc(Cl)cc43)n2)cc1OC. The zero-order chi connectivity index (χ0) is 19.7. The zero-order valence-corrected chi connectivity index (χ0v) is 15.9. The Morgan fingerprint density at radius 2 is 1.96 bits per heavy atom. The lowest BCUT2D eigenvalue weighted by molar-refractivity contribution is -0.121. The lowest BCUT2D eigenvalue weighted by Crippen LogP contribution is -2.38. The van der Waals surface area contributed by atoms with Crippen LogP contribution in [0.5, 0.6) is 17.2 Å². The fraction of sp³-hybridized carbons (Fsp3) is 0.211. The highest BCUT2D eigenvalue weighted by Crippen LogP contribution is 2.35. The highest BCUT2D eigenvalue weighted by atomic mass is 35.5. The van der Waals surface area contributed by atoms with Gasteiger partial charge in [-0.15, -0.1) is 0 Å². The Labute approximate surface area is 165 Å². The van der Waals surface area contributed by atoms with E-state index in [1.807, 2.05) is 0 Å². The molecule has 9 heteroatoms. The van der Waals surface area contributed by atoms with Crippen LogP contribution in [0.1, 0.15) is 5.89 Å². The van der Waals surface area contributed by atoms with Crippen LogP contribution >= 0.6 is 11.6 Å². The highest BCUT2D eigenvalue weighted by Gasteiger charge is 2.27. The van der Waals surface area contributed by atoms with Crippen molar-refractivity contribution in [2.24, 2.45) is 0 Å². The van der Waals surface area contributed by atoms with E-state index in [0.29, 0.717) is 39.3 Å². The first kappa shape index (κ1) is 18.1. The molecule has 0 saturated carbocycles. The van der Waals surface area contributed by atoms with Crippen molar-refractivity contribution in [2.75, 3.05) is 25.7 Å². The number of aromatic nitrogens is 2. The topological polar surface area (TPSA) is 86.9 Å². The van der Waals surface area contributed by atoms with Crippen LogP contribution < -0.4 is 19.1 Å². The molecule has 0 aliphatic carbocycles. The second-order valence-electron chi connectivity index (χ2n) is 5.96. The van der Waals surface area contributed by atoms with E-state index in [0.717, 1.165) is 0 Å². The standard InChI is InChI=1S/C19H16ClN3O5/c1-25-15-5-3-11(7-16(15)26-2)19-21-17(28-22-19)9-23-13-8-12(20)4-6-14(13)27-10-18(23)24/h3-8H,9-10H2,1-2H3. The molecule has 8 nitrogen and oxygen atoms in total. The number of fused-ring (bicyclic) bond motifs is 1. The summed E-state index contributed by atoms with van der Waals surface area (Å²) in [5, 5.41) is 4.50. The van der Waals surface area contributed by atoms with Crippen LogP contribution in [0.4, 0.5) is 5.69 Å². The van der Waals surface area contributed by atoms with E-state index in [9.17, 15) is 4.79 Å². The summed E-state index contributed by atoms with van der Waals surface area (Å²) < 4.78 is 21.3. The van der Waals surface area contributed by atoms with E-state index in [4.69, 9.17) is 30.3 Å². The van der Waals surface area contributed by atoms with Gasteiger partial charge in [-0.1, -0.05) is 16.8 Å². The number of hydrogen-bond donors (Lipinski definition) is 0. The lowest BCUT2D eigenvalue weighted by atomic mass is 10.2. The van der Waals surface area contributed by atoms with E-state index < -0.39 is 0 Å². The summed E-state index contributed by atoms with van der Waals surface area (Å²) in [6.45, 7) is 0.0428. The smallest absolute Gasteiger partial charge is 0.265 e. The molecule has 2 aromatic carbocycles. The van der Waals surface area contributed by atoms with Crippen LogP contribution in [0.3, 0.4) is 0 Å². The van der Waals surface area contributed by atoms with Gasteiger partial charge in [-0.05, 0) is 36.4 Å². The zero-order valence-electron chi connectivity index (χ0n) is 15.1. The lowest BCUT2D eigenvalue weighted by Gasteiger charge is -2.28. The van der Waals surface area contributed by atoms with E-state index >= 15 is 0 Å². The first-order valence-corrected chi connectivity index (χ1v) is 8.74. The Balaban J connectivity index is 1.61. The first-order chi connectivity index (χ1) is 13.6. The Hall–Kier alpha value is -3.26. The van der Waals surface area contributed by atoms with Crippen molar-refractivity contribution >= 4 is 23.2 Å².